The first kappa shape index (κ1) is 14.4. The van der Waals surface area contributed by atoms with Crippen LogP contribution in [0.2, 0.25) is 5.02 Å². The Labute approximate surface area is 110 Å². The van der Waals surface area contributed by atoms with Crippen molar-refractivity contribution >= 4 is 23.2 Å². The molecule has 0 heterocycles. The lowest BCUT2D eigenvalue weighted by molar-refractivity contribution is -0.385. The quantitative estimate of drug-likeness (QED) is 0.651. The summed E-state index contributed by atoms with van der Waals surface area (Å²) in [5, 5.41) is 13.8. The number of benzene rings is 1. The first-order valence-corrected chi connectivity index (χ1v) is 5.69. The molecular weight excluding hydrogens is 258 g/mol. The van der Waals surface area contributed by atoms with Crippen molar-refractivity contribution in [2.45, 2.75) is 0 Å². The number of nitrogens with zero attached hydrogens (tertiary/aromatic N) is 2. The van der Waals surface area contributed by atoms with Crippen LogP contribution in [-0.2, 0) is 0 Å². The fourth-order valence-corrected chi connectivity index (χ4v) is 1.70. The Morgan fingerprint density at radius 1 is 1.56 bits per heavy atom. The van der Waals surface area contributed by atoms with Crippen molar-refractivity contribution in [2.75, 3.05) is 27.2 Å². The van der Waals surface area contributed by atoms with Gasteiger partial charge in [-0.25, -0.2) is 0 Å². The molecule has 0 radical (unpaired) electrons. The molecule has 0 unspecified atom stereocenters. The highest BCUT2D eigenvalue weighted by Crippen LogP contribution is 2.28. The van der Waals surface area contributed by atoms with Crippen LogP contribution in [0.15, 0.2) is 18.2 Å². The summed E-state index contributed by atoms with van der Waals surface area (Å²) in [6.45, 7) is 1.07. The topological polar surface area (TPSA) is 75.5 Å². The molecule has 6 nitrogen and oxygen atoms in total. The highest BCUT2D eigenvalue weighted by molar-refractivity contribution is 6.33. The molecule has 1 aromatic rings. The zero-order valence-electron chi connectivity index (χ0n) is 10.1. The van der Waals surface area contributed by atoms with E-state index < -0.39 is 10.8 Å². The third-order valence-electron chi connectivity index (χ3n) is 2.44. The van der Waals surface area contributed by atoms with Crippen LogP contribution >= 0.6 is 11.6 Å². The van der Waals surface area contributed by atoms with E-state index in [2.05, 4.69) is 5.32 Å². The molecule has 0 bridgehead atoms. The van der Waals surface area contributed by atoms with Crippen LogP contribution in [-0.4, -0.2) is 42.9 Å². The Balaban J connectivity index is 3.05. The summed E-state index contributed by atoms with van der Waals surface area (Å²) in [6, 6.07) is 4.32. The largest absolute Gasteiger partial charge is 0.340 e. The summed E-state index contributed by atoms with van der Waals surface area (Å²) in [7, 11) is 3.35. The van der Waals surface area contributed by atoms with Gasteiger partial charge in [-0.3, -0.25) is 14.9 Å². The Bertz CT molecular complexity index is 465. The van der Waals surface area contributed by atoms with Gasteiger partial charge < -0.3 is 10.2 Å². The summed E-state index contributed by atoms with van der Waals surface area (Å²) in [4.78, 5) is 23.8. The lowest BCUT2D eigenvalue weighted by Gasteiger charge is -2.16. The molecule has 1 rings (SSSR count). The first-order valence-electron chi connectivity index (χ1n) is 5.32. The van der Waals surface area contributed by atoms with Gasteiger partial charge in [0, 0.05) is 20.1 Å². The molecular formula is C11H14ClN3O3. The Morgan fingerprint density at radius 3 is 2.78 bits per heavy atom. The van der Waals surface area contributed by atoms with Crippen molar-refractivity contribution in [3.63, 3.8) is 0 Å². The van der Waals surface area contributed by atoms with Crippen LogP contribution in [0.3, 0.4) is 0 Å². The number of para-hydroxylation sites is 1. The number of likely N-dealkylation sites (N-methyl/N-ethyl adjacent to an activating group) is 2. The molecule has 0 aliphatic rings. The maximum absolute atomic E-state index is 12.1. The Hall–Kier alpha value is -1.66. The third kappa shape index (κ3) is 3.18. The van der Waals surface area contributed by atoms with Gasteiger partial charge in [0.05, 0.1) is 4.92 Å². The van der Waals surface area contributed by atoms with E-state index in [-0.39, 0.29) is 16.3 Å². The summed E-state index contributed by atoms with van der Waals surface area (Å²) in [5.41, 5.74) is -0.341. The van der Waals surface area contributed by atoms with Gasteiger partial charge in [-0.15, -0.1) is 0 Å². The normalized spacial score (nSPS) is 10.2. The van der Waals surface area contributed by atoms with Crippen molar-refractivity contribution in [3.8, 4) is 0 Å². The van der Waals surface area contributed by atoms with Crippen molar-refractivity contribution in [2.24, 2.45) is 0 Å². The second-order valence-corrected chi connectivity index (χ2v) is 4.13. The molecule has 0 fully saturated rings. The van der Waals surface area contributed by atoms with Gasteiger partial charge >= 0.3 is 5.69 Å². The lowest BCUT2D eigenvalue weighted by atomic mass is 10.1. The van der Waals surface area contributed by atoms with Gasteiger partial charge in [-0.05, 0) is 19.2 Å². The van der Waals surface area contributed by atoms with Crippen LogP contribution in [0, 0.1) is 10.1 Å². The molecule has 0 saturated heterocycles. The standard InChI is InChI=1S/C11H14ClN3O3/c1-13-6-7-14(2)11(16)8-4-3-5-9(12)10(8)15(17)18/h3-5,13H,6-7H2,1-2H3. The third-order valence-corrected chi connectivity index (χ3v) is 2.75. The Morgan fingerprint density at radius 2 is 2.22 bits per heavy atom. The number of hydrogen-bond donors (Lipinski definition) is 1. The summed E-state index contributed by atoms with van der Waals surface area (Å²) in [6.07, 6.45) is 0. The smallest absolute Gasteiger partial charge is 0.300 e. The molecule has 1 amide bonds. The SMILES string of the molecule is CNCCN(C)C(=O)c1cccc(Cl)c1[N+](=O)[O-]. The molecule has 0 spiro atoms. The van der Waals surface area contributed by atoms with Crippen LogP contribution < -0.4 is 5.32 Å². The van der Waals surface area contributed by atoms with Crippen LogP contribution in [0.4, 0.5) is 5.69 Å². The number of carbonyl (C=O) groups is 1. The minimum Gasteiger partial charge on any atom is -0.340 e. The Kier molecular flexibility index (Phi) is 5.06. The molecule has 0 saturated carbocycles. The summed E-state index contributed by atoms with van der Waals surface area (Å²) >= 11 is 5.75. The van der Waals surface area contributed by atoms with Gasteiger partial charge in [0.2, 0.25) is 0 Å². The van der Waals surface area contributed by atoms with Crippen molar-refractivity contribution in [3.05, 3.63) is 38.9 Å². The second kappa shape index (κ2) is 6.32. The van der Waals surface area contributed by atoms with Crippen molar-refractivity contribution in [1.82, 2.24) is 10.2 Å². The van der Waals surface area contributed by atoms with E-state index >= 15 is 0 Å². The fourth-order valence-electron chi connectivity index (χ4n) is 1.46. The van der Waals surface area contributed by atoms with Gasteiger partial charge in [0.25, 0.3) is 5.91 Å². The molecule has 1 N–H and O–H groups in total. The zero-order chi connectivity index (χ0) is 13.7. The van der Waals surface area contributed by atoms with E-state index in [1.165, 1.54) is 23.1 Å². The van der Waals surface area contributed by atoms with E-state index in [4.69, 9.17) is 11.6 Å². The highest BCUT2D eigenvalue weighted by Gasteiger charge is 2.25. The van der Waals surface area contributed by atoms with E-state index in [1.54, 1.807) is 14.1 Å². The van der Waals surface area contributed by atoms with E-state index in [0.29, 0.717) is 13.1 Å². The molecule has 0 aliphatic carbocycles. The van der Waals surface area contributed by atoms with E-state index in [0.717, 1.165) is 0 Å². The van der Waals surface area contributed by atoms with E-state index in [1.807, 2.05) is 0 Å². The average molecular weight is 272 g/mol. The molecule has 1 aromatic carbocycles. The summed E-state index contributed by atoms with van der Waals surface area (Å²) in [5.74, 6) is -0.417. The minimum absolute atomic E-state index is 0.00565. The maximum Gasteiger partial charge on any atom is 0.300 e. The van der Waals surface area contributed by atoms with Gasteiger partial charge in [-0.1, -0.05) is 17.7 Å². The second-order valence-electron chi connectivity index (χ2n) is 3.72. The number of nitro benzene ring substituents is 1. The number of halogens is 1. The molecule has 18 heavy (non-hydrogen) atoms. The number of rotatable bonds is 5. The van der Waals surface area contributed by atoms with E-state index in [9.17, 15) is 14.9 Å². The predicted octanol–water partition coefficient (Wildman–Crippen LogP) is 1.54. The van der Waals surface area contributed by atoms with Crippen LogP contribution in [0.25, 0.3) is 0 Å². The van der Waals surface area contributed by atoms with Gasteiger partial charge in [0.15, 0.2) is 0 Å². The van der Waals surface area contributed by atoms with Gasteiger partial charge in [0.1, 0.15) is 10.6 Å². The molecule has 7 heteroatoms. The zero-order valence-corrected chi connectivity index (χ0v) is 10.9. The van der Waals surface area contributed by atoms with Crippen molar-refractivity contribution < 1.29 is 9.72 Å². The highest BCUT2D eigenvalue weighted by atomic mass is 35.5. The average Bonchev–Trinajstić information content (AvgIpc) is 2.34. The fraction of sp³-hybridized carbons (Fsp3) is 0.364. The number of hydrogen-bond acceptors (Lipinski definition) is 4. The van der Waals surface area contributed by atoms with Crippen molar-refractivity contribution in [1.29, 1.82) is 0 Å². The number of amides is 1. The minimum atomic E-state index is -0.637. The predicted molar refractivity (Wildman–Crippen MR) is 69.0 cm³/mol. The molecule has 0 atom stereocenters. The number of carbonyl (C=O) groups excluding carboxylic acids is 1. The molecule has 0 aromatic heterocycles. The van der Waals surface area contributed by atoms with Crippen LogP contribution in [0.5, 0.6) is 0 Å². The monoisotopic (exact) mass is 271 g/mol. The van der Waals surface area contributed by atoms with Gasteiger partial charge in [-0.2, -0.15) is 0 Å². The van der Waals surface area contributed by atoms with Crippen LogP contribution in [0.1, 0.15) is 10.4 Å². The number of nitrogens with one attached hydrogen (secondary N) is 1. The molecule has 0 aliphatic heterocycles. The summed E-state index contributed by atoms with van der Waals surface area (Å²) < 4.78 is 0. The maximum atomic E-state index is 12.1. The molecule has 98 valence electrons. The number of nitro groups is 1. The first-order chi connectivity index (χ1) is 8.49. The lowest BCUT2D eigenvalue weighted by Crippen LogP contribution is -2.33.